The second-order valence-electron chi connectivity index (χ2n) is 4.62. The third kappa shape index (κ3) is 3.18. The van der Waals surface area contributed by atoms with Gasteiger partial charge in [-0.25, -0.2) is 4.79 Å². The summed E-state index contributed by atoms with van der Waals surface area (Å²) in [6.45, 7) is 1.84. The summed E-state index contributed by atoms with van der Waals surface area (Å²) in [6.07, 6.45) is 4.81. The minimum absolute atomic E-state index is 0.338. The van der Waals surface area contributed by atoms with E-state index in [2.05, 4.69) is 9.64 Å². The first kappa shape index (κ1) is 12.5. The van der Waals surface area contributed by atoms with E-state index in [-0.39, 0.29) is 0 Å². The standard InChI is InChI=1S/C11H21NO3/c1-11(14,10(13)15-3)8-12(2)9-6-4-5-7-9/h9,14H,4-8H2,1-3H3. The molecule has 0 aliphatic heterocycles. The molecule has 1 rings (SSSR count). The summed E-state index contributed by atoms with van der Waals surface area (Å²) < 4.78 is 4.56. The molecule has 4 nitrogen and oxygen atoms in total. The first-order valence-electron chi connectivity index (χ1n) is 5.48. The number of carbonyl (C=O) groups excluding carboxylic acids is 1. The number of rotatable bonds is 4. The smallest absolute Gasteiger partial charge is 0.338 e. The molecular weight excluding hydrogens is 194 g/mol. The minimum Gasteiger partial charge on any atom is -0.467 e. The molecule has 88 valence electrons. The Hall–Kier alpha value is -0.610. The van der Waals surface area contributed by atoms with E-state index in [4.69, 9.17) is 0 Å². The van der Waals surface area contributed by atoms with Crippen molar-refractivity contribution in [3.8, 4) is 0 Å². The van der Waals surface area contributed by atoms with E-state index >= 15 is 0 Å². The highest BCUT2D eigenvalue weighted by Crippen LogP contribution is 2.23. The molecule has 1 saturated carbocycles. The first-order chi connectivity index (χ1) is 6.97. The Morgan fingerprint density at radius 2 is 2.07 bits per heavy atom. The van der Waals surface area contributed by atoms with Crippen molar-refractivity contribution in [3.05, 3.63) is 0 Å². The summed E-state index contributed by atoms with van der Waals surface area (Å²) in [5.41, 5.74) is -1.40. The lowest BCUT2D eigenvalue weighted by Gasteiger charge is -2.30. The van der Waals surface area contributed by atoms with E-state index < -0.39 is 11.6 Å². The van der Waals surface area contributed by atoms with Crippen molar-refractivity contribution in [2.75, 3.05) is 20.7 Å². The molecule has 4 heteroatoms. The van der Waals surface area contributed by atoms with Crippen molar-refractivity contribution >= 4 is 5.97 Å². The lowest BCUT2D eigenvalue weighted by molar-refractivity contribution is -0.162. The summed E-state index contributed by atoms with van der Waals surface area (Å²) in [7, 11) is 3.25. The molecule has 0 saturated heterocycles. The van der Waals surface area contributed by atoms with Gasteiger partial charge in [-0.3, -0.25) is 4.90 Å². The third-order valence-corrected chi connectivity index (χ3v) is 3.13. The highest BCUT2D eigenvalue weighted by molar-refractivity contribution is 5.78. The average Bonchev–Trinajstić information content (AvgIpc) is 2.68. The van der Waals surface area contributed by atoms with Gasteiger partial charge in [-0.05, 0) is 26.8 Å². The lowest BCUT2D eigenvalue weighted by atomic mass is 10.1. The van der Waals surface area contributed by atoms with Gasteiger partial charge in [-0.15, -0.1) is 0 Å². The molecule has 1 N–H and O–H groups in total. The van der Waals surface area contributed by atoms with Crippen LogP contribution >= 0.6 is 0 Å². The van der Waals surface area contributed by atoms with Crippen LogP contribution in [-0.2, 0) is 9.53 Å². The Bertz CT molecular complexity index is 222. The number of likely N-dealkylation sites (N-methyl/N-ethyl adjacent to an activating group) is 1. The average molecular weight is 215 g/mol. The van der Waals surface area contributed by atoms with Crippen LogP contribution in [0.3, 0.4) is 0 Å². The topological polar surface area (TPSA) is 49.8 Å². The molecular formula is C11H21NO3. The van der Waals surface area contributed by atoms with E-state index in [0.717, 1.165) is 12.8 Å². The molecule has 0 aromatic carbocycles. The Balaban J connectivity index is 2.48. The van der Waals surface area contributed by atoms with Gasteiger partial charge in [0.05, 0.1) is 7.11 Å². The van der Waals surface area contributed by atoms with Crippen LogP contribution in [0.2, 0.25) is 0 Å². The molecule has 1 atom stereocenters. The molecule has 0 aromatic rings. The molecule has 0 bridgehead atoms. The van der Waals surface area contributed by atoms with E-state index in [1.54, 1.807) is 0 Å². The van der Waals surface area contributed by atoms with Gasteiger partial charge >= 0.3 is 5.97 Å². The van der Waals surface area contributed by atoms with Gasteiger partial charge in [0, 0.05) is 12.6 Å². The predicted octanol–water partition coefficient (Wildman–Crippen LogP) is 0.785. The fourth-order valence-electron chi connectivity index (χ4n) is 2.24. The van der Waals surface area contributed by atoms with Crippen molar-refractivity contribution in [2.24, 2.45) is 0 Å². The van der Waals surface area contributed by atoms with Gasteiger partial charge in [0.15, 0.2) is 5.60 Å². The SMILES string of the molecule is COC(=O)C(C)(O)CN(C)C1CCCC1. The van der Waals surface area contributed by atoms with Crippen molar-refractivity contribution in [1.82, 2.24) is 4.90 Å². The van der Waals surface area contributed by atoms with Crippen molar-refractivity contribution in [2.45, 2.75) is 44.2 Å². The van der Waals surface area contributed by atoms with Gasteiger partial charge in [0.2, 0.25) is 0 Å². The largest absolute Gasteiger partial charge is 0.467 e. The number of nitrogens with zero attached hydrogens (tertiary/aromatic N) is 1. The van der Waals surface area contributed by atoms with Crippen molar-refractivity contribution < 1.29 is 14.6 Å². The number of methoxy groups -OCH3 is 1. The van der Waals surface area contributed by atoms with Crippen LogP contribution in [0.4, 0.5) is 0 Å². The molecule has 1 unspecified atom stereocenters. The number of carbonyl (C=O) groups is 1. The summed E-state index contributed by atoms with van der Waals surface area (Å²) in [5, 5.41) is 9.90. The first-order valence-corrected chi connectivity index (χ1v) is 5.48. The van der Waals surface area contributed by atoms with E-state index in [9.17, 15) is 9.90 Å². The van der Waals surface area contributed by atoms with Gasteiger partial charge < -0.3 is 9.84 Å². The summed E-state index contributed by atoms with van der Waals surface area (Å²) in [4.78, 5) is 13.3. The third-order valence-electron chi connectivity index (χ3n) is 3.13. The maximum atomic E-state index is 11.3. The molecule has 1 aliphatic carbocycles. The zero-order valence-corrected chi connectivity index (χ0v) is 9.82. The van der Waals surface area contributed by atoms with Crippen molar-refractivity contribution in [3.63, 3.8) is 0 Å². The fourth-order valence-corrected chi connectivity index (χ4v) is 2.24. The van der Waals surface area contributed by atoms with Crippen LogP contribution in [-0.4, -0.2) is 48.3 Å². The van der Waals surface area contributed by atoms with Gasteiger partial charge in [-0.2, -0.15) is 0 Å². The Morgan fingerprint density at radius 3 is 2.53 bits per heavy atom. The number of ether oxygens (including phenoxy) is 1. The molecule has 0 heterocycles. The second kappa shape index (κ2) is 4.94. The lowest BCUT2D eigenvalue weighted by Crippen LogP contribution is -2.48. The normalized spacial score (nSPS) is 21.7. The Morgan fingerprint density at radius 1 is 1.53 bits per heavy atom. The Kier molecular flexibility index (Phi) is 4.11. The summed E-state index contributed by atoms with van der Waals surface area (Å²) >= 11 is 0. The van der Waals surface area contributed by atoms with Crippen LogP contribution in [0.15, 0.2) is 0 Å². The Labute approximate surface area is 91.2 Å². The molecule has 15 heavy (non-hydrogen) atoms. The highest BCUT2D eigenvalue weighted by atomic mass is 16.5. The molecule has 0 radical (unpaired) electrons. The maximum Gasteiger partial charge on any atom is 0.338 e. The van der Waals surface area contributed by atoms with Crippen LogP contribution in [0.1, 0.15) is 32.6 Å². The van der Waals surface area contributed by atoms with Gasteiger partial charge in [0.25, 0.3) is 0 Å². The molecule has 1 aliphatic rings. The van der Waals surface area contributed by atoms with Crippen molar-refractivity contribution in [1.29, 1.82) is 0 Å². The monoisotopic (exact) mass is 215 g/mol. The van der Waals surface area contributed by atoms with Gasteiger partial charge in [-0.1, -0.05) is 12.8 Å². The number of hydrogen-bond donors (Lipinski definition) is 1. The van der Waals surface area contributed by atoms with Crippen LogP contribution < -0.4 is 0 Å². The second-order valence-corrected chi connectivity index (χ2v) is 4.62. The molecule has 0 spiro atoms. The zero-order chi connectivity index (χ0) is 11.5. The maximum absolute atomic E-state index is 11.3. The molecule has 0 amide bonds. The van der Waals surface area contributed by atoms with Crippen LogP contribution in [0.5, 0.6) is 0 Å². The number of esters is 1. The predicted molar refractivity (Wildman–Crippen MR) is 57.5 cm³/mol. The highest BCUT2D eigenvalue weighted by Gasteiger charge is 2.34. The minimum atomic E-state index is -1.40. The van der Waals surface area contributed by atoms with E-state index in [1.807, 2.05) is 7.05 Å². The number of hydrogen-bond acceptors (Lipinski definition) is 4. The number of aliphatic hydroxyl groups is 1. The van der Waals surface area contributed by atoms with E-state index in [0.29, 0.717) is 12.6 Å². The van der Waals surface area contributed by atoms with Crippen LogP contribution in [0, 0.1) is 0 Å². The van der Waals surface area contributed by atoms with Crippen LogP contribution in [0.25, 0.3) is 0 Å². The van der Waals surface area contributed by atoms with Gasteiger partial charge in [0.1, 0.15) is 0 Å². The quantitative estimate of drug-likeness (QED) is 0.704. The fraction of sp³-hybridized carbons (Fsp3) is 0.909. The summed E-state index contributed by atoms with van der Waals surface area (Å²) in [5.74, 6) is -0.563. The summed E-state index contributed by atoms with van der Waals surface area (Å²) in [6, 6.07) is 0.501. The van der Waals surface area contributed by atoms with E-state index in [1.165, 1.54) is 26.9 Å². The zero-order valence-electron chi connectivity index (χ0n) is 9.82. The molecule has 0 aromatic heterocycles. The molecule has 1 fully saturated rings.